The van der Waals surface area contributed by atoms with E-state index in [1.54, 1.807) is 18.0 Å². The van der Waals surface area contributed by atoms with Crippen molar-refractivity contribution in [1.29, 1.82) is 0 Å². The Morgan fingerprint density at radius 2 is 2.00 bits per heavy atom. The lowest BCUT2D eigenvalue weighted by molar-refractivity contribution is -0.0790. The van der Waals surface area contributed by atoms with Crippen molar-refractivity contribution < 1.29 is 19.4 Å². The third-order valence-electron chi connectivity index (χ3n) is 6.51. The first-order valence-corrected chi connectivity index (χ1v) is 12.9. The van der Waals surface area contributed by atoms with Gasteiger partial charge in [0, 0.05) is 12.8 Å². The molecule has 2 atom stereocenters. The number of ether oxygens (including phenoxy) is 2. The number of nitrogens with zero attached hydrogens (tertiary/aromatic N) is 3. The highest BCUT2D eigenvalue weighted by atomic mass is 32.2. The smallest absolute Gasteiger partial charge is 0.412 e. The summed E-state index contributed by atoms with van der Waals surface area (Å²) in [5, 5.41) is 10.3. The molecule has 1 aromatic heterocycles. The minimum Gasteiger partial charge on any atom is -0.444 e. The summed E-state index contributed by atoms with van der Waals surface area (Å²) in [4.78, 5) is 19.5. The van der Waals surface area contributed by atoms with Crippen LogP contribution in [0.15, 0.2) is 11.4 Å². The maximum atomic E-state index is 13.2. The lowest BCUT2D eigenvalue weighted by atomic mass is 9.83. The van der Waals surface area contributed by atoms with E-state index in [-0.39, 0.29) is 24.8 Å². The highest BCUT2D eigenvalue weighted by Gasteiger charge is 2.51. The second kappa shape index (κ2) is 10.3. The van der Waals surface area contributed by atoms with E-state index < -0.39 is 11.3 Å². The van der Waals surface area contributed by atoms with Crippen LogP contribution in [0.2, 0.25) is 0 Å². The summed E-state index contributed by atoms with van der Waals surface area (Å²) in [6.07, 6.45) is 9.53. The molecular weight excluding hydrogens is 426 g/mol. The van der Waals surface area contributed by atoms with Gasteiger partial charge in [-0.3, -0.25) is 4.90 Å². The summed E-state index contributed by atoms with van der Waals surface area (Å²) >= 11 is 1.66. The van der Waals surface area contributed by atoms with Gasteiger partial charge in [-0.05, 0) is 53.4 Å². The van der Waals surface area contributed by atoms with Gasteiger partial charge < -0.3 is 19.1 Å². The molecule has 1 saturated carbocycles. The standard InChI is InChI=1S/C24H41N3O4S/c1-23(2,3)31-22(29)27-19(14-17-10-8-7-9-11-17)20(30-24(27,4)5)12-13-32-21-25-15-18(16-28)26(21)6/h15,17,19-20,28H,7-14,16H2,1-6H3/t19-,20-/m0/s1. The quantitative estimate of drug-likeness (QED) is 0.562. The second-order valence-corrected chi connectivity index (χ2v) is 11.7. The molecule has 0 aromatic carbocycles. The van der Waals surface area contributed by atoms with Gasteiger partial charge in [0.05, 0.1) is 30.6 Å². The summed E-state index contributed by atoms with van der Waals surface area (Å²) in [6.45, 7) is 9.67. The first kappa shape index (κ1) is 25.4. The Kier molecular flexibility index (Phi) is 8.20. The molecule has 2 aliphatic rings. The van der Waals surface area contributed by atoms with E-state index in [0.717, 1.165) is 29.4 Å². The van der Waals surface area contributed by atoms with Gasteiger partial charge in [0.1, 0.15) is 11.3 Å². The zero-order valence-electron chi connectivity index (χ0n) is 20.6. The predicted octanol–water partition coefficient (Wildman–Crippen LogP) is 5.11. The van der Waals surface area contributed by atoms with E-state index in [1.165, 1.54) is 32.1 Å². The molecule has 0 unspecified atom stereocenters. The van der Waals surface area contributed by atoms with Gasteiger partial charge in [0.2, 0.25) is 0 Å². The molecule has 1 aliphatic carbocycles. The van der Waals surface area contributed by atoms with Gasteiger partial charge in [-0.2, -0.15) is 0 Å². The fraction of sp³-hybridized carbons (Fsp3) is 0.833. The van der Waals surface area contributed by atoms with Crippen LogP contribution in [0.5, 0.6) is 0 Å². The summed E-state index contributed by atoms with van der Waals surface area (Å²) in [5.41, 5.74) is -0.444. The average Bonchev–Trinajstić information content (AvgIpc) is 3.17. The zero-order valence-corrected chi connectivity index (χ0v) is 21.4. The highest BCUT2D eigenvalue weighted by Crippen LogP contribution is 2.40. The molecular formula is C24H41N3O4S. The molecule has 8 heteroatoms. The van der Waals surface area contributed by atoms with Crippen LogP contribution in [0.3, 0.4) is 0 Å². The molecule has 1 amide bonds. The third-order valence-corrected chi connectivity index (χ3v) is 7.59. The fourth-order valence-electron chi connectivity index (χ4n) is 4.98. The van der Waals surface area contributed by atoms with Crippen LogP contribution < -0.4 is 0 Å². The number of imidazole rings is 1. The van der Waals surface area contributed by atoms with Crippen LogP contribution in [0.25, 0.3) is 0 Å². The Bertz CT molecular complexity index is 768. The Labute approximate surface area is 197 Å². The lowest BCUT2D eigenvalue weighted by Gasteiger charge is -2.37. The van der Waals surface area contributed by atoms with E-state index in [0.29, 0.717) is 5.92 Å². The fourth-order valence-corrected chi connectivity index (χ4v) is 5.95. The number of aromatic nitrogens is 2. The monoisotopic (exact) mass is 467 g/mol. The van der Waals surface area contributed by atoms with Gasteiger partial charge in [0.25, 0.3) is 0 Å². The van der Waals surface area contributed by atoms with E-state index in [2.05, 4.69) is 4.98 Å². The molecule has 2 heterocycles. The van der Waals surface area contributed by atoms with Gasteiger partial charge >= 0.3 is 6.09 Å². The molecule has 1 N–H and O–H groups in total. The van der Waals surface area contributed by atoms with Gasteiger partial charge in [-0.1, -0.05) is 43.9 Å². The summed E-state index contributed by atoms with van der Waals surface area (Å²) in [5.74, 6) is 1.47. The number of thioether (sulfide) groups is 1. The molecule has 0 bridgehead atoms. The molecule has 0 radical (unpaired) electrons. The number of aliphatic hydroxyl groups is 1. The molecule has 2 fully saturated rings. The number of hydrogen-bond donors (Lipinski definition) is 1. The van der Waals surface area contributed by atoms with Crippen LogP contribution in [-0.4, -0.2) is 54.9 Å². The average molecular weight is 468 g/mol. The number of amides is 1. The molecule has 1 aliphatic heterocycles. The highest BCUT2D eigenvalue weighted by molar-refractivity contribution is 7.99. The van der Waals surface area contributed by atoms with Crippen molar-refractivity contribution in [3.8, 4) is 0 Å². The Morgan fingerprint density at radius 1 is 1.31 bits per heavy atom. The predicted molar refractivity (Wildman–Crippen MR) is 126 cm³/mol. The number of carbonyl (C=O) groups excluding carboxylic acids is 1. The van der Waals surface area contributed by atoms with Crippen molar-refractivity contribution in [1.82, 2.24) is 14.5 Å². The summed E-state index contributed by atoms with van der Waals surface area (Å²) < 4.78 is 14.2. The van der Waals surface area contributed by atoms with Gasteiger partial charge in [0.15, 0.2) is 5.16 Å². The first-order chi connectivity index (χ1) is 15.0. The summed E-state index contributed by atoms with van der Waals surface area (Å²) in [7, 11) is 1.92. The second-order valence-electron chi connectivity index (χ2n) is 10.6. The van der Waals surface area contributed by atoms with E-state index >= 15 is 0 Å². The minimum atomic E-state index is -0.704. The number of hydrogen-bond acceptors (Lipinski definition) is 6. The number of aliphatic hydroxyl groups excluding tert-OH is 1. The van der Waals surface area contributed by atoms with Crippen LogP contribution in [0, 0.1) is 5.92 Å². The molecule has 32 heavy (non-hydrogen) atoms. The van der Waals surface area contributed by atoms with Crippen LogP contribution in [0.4, 0.5) is 4.79 Å². The molecule has 1 saturated heterocycles. The largest absolute Gasteiger partial charge is 0.444 e. The Morgan fingerprint density at radius 3 is 2.59 bits per heavy atom. The summed E-state index contributed by atoms with van der Waals surface area (Å²) in [6, 6.07) is 0.0120. The third kappa shape index (κ3) is 6.20. The van der Waals surface area contributed by atoms with Gasteiger partial charge in [-0.15, -0.1) is 0 Å². The maximum Gasteiger partial charge on any atom is 0.412 e. The number of rotatable bonds is 7. The van der Waals surface area contributed by atoms with Crippen molar-refractivity contribution in [3.05, 3.63) is 11.9 Å². The van der Waals surface area contributed by atoms with Crippen molar-refractivity contribution in [3.63, 3.8) is 0 Å². The molecule has 182 valence electrons. The topological polar surface area (TPSA) is 76.8 Å². The Balaban J connectivity index is 1.72. The number of carbonyl (C=O) groups is 1. The molecule has 7 nitrogen and oxygen atoms in total. The zero-order chi connectivity index (χ0) is 23.5. The Hall–Kier alpha value is -1.25. The van der Waals surface area contributed by atoms with E-state index in [1.807, 2.05) is 51.1 Å². The molecule has 1 aromatic rings. The van der Waals surface area contributed by atoms with E-state index in [9.17, 15) is 9.90 Å². The maximum absolute atomic E-state index is 13.2. The van der Waals surface area contributed by atoms with Crippen LogP contribution >= 0.6 is 11.8 Å². The SMILES string of the molecule is Cn1c(CO)cnc1SCC[C@@H]1OC(C)(C)N(C(=O)OC(C)(C)C)[C@H]1CC1CCCCC1. The normalized spacial score (nSPS) is 24.2. The van der Waals surface area contributed by atoms with E-state index in [4.69, 9.17) is 9.47 Å². The minimum absolute atomic E-state index is 0.0120. The van der Waals surface area contributed by atoms with Crippen molar-refractivity contribution in [2.75, 3.05) is 5.75 Å². The van der Waals surface area contributed by atoms with Gasteiger partial charge in [-0.25, -0.2) is 9.78 Å². The van der Waals surface area contributed by atoms with Crippen molar-refractivity contribution in [2.24, 2.45) is 13.0 Å². The lowest BCUT2D eigenvalue weighted by Crippen LogP contribution is -2.50. The first-order valence-electron chi connectivity index (χ1n) is 12.0. The molecule has 3 rings (SSSR count). The van der Waals surface area contributed by atoms with Crippen molar-refractivity contribution in [2.45, 2.75) is 115 Å². The van der Waals surface area contributed by atoms with Crippen molar-refractivity contribution >= 4 is 17.9 Å². The van der Waals surface area contributed by atoms with Crippen LogP contribution in [0.1, 0.15) is 85.3 Å². The molecule has 0 spiro atoms. The van der Waals surface area contributed by atoms with Crippen LogP contribution in [-0.2, 0) is 23.1 Å².